The van der Waals surface area contributed by atoms with Gasteiger partial charge >= 0.3 is 0 Å². The van der Waals surface area contributed by atoms with Gasteiger partial charge in [-0.05, 0) is 38.5 Å². The van der Waals surface area contributed by atoms with Crippen molar-refractivity contribution < 1.29 is 9.84 Å². The van der Waals surface area contributed by atoms with Gasteiger partial charge in [0.2, 0.25) is 0 Å². The summed E-state index contributed by atoms with van der Waals surface area (Å²) in [5.74, 6) is 0. The van der Waals surface area contributed by atoms with Crippen molar-refractivity contribution >= 4 is 23.2 Å². The molecule has 0 aliphatic rings. The van der Waals surface area contributed by atoms with E-state index in [1.54, 1.807) is 12.1 Å². The van der Waals surface area contributed by atoms with E-state index in [0.29, 0.717) is 23.1 Å². The fraction of sp³-hybridized carbons (Fsp3) is 0.538. The first kappa shape index (κ1) is 14.8. The molecule has 0 aliphatic heterocycles. The van der Waals surface area contributed by atoms with Gasteiger partial charge in [0.25, 0.3) is 0 Å². The molecule has 0 saturated carbocycles. The highest BCUT2D eigenvalue weighted by molar-refractivity contribution is 6.42. The Balaban J connectivity index is 2.50. The van der Waals surface area contributed by atoms with Crippen LogP contribution in [0, 0.1) is 0 Å². The Morgan fingerprint density at radius 3 is 2.41 bits per heavy atom. The molecule has 0 radical (unpaired) electrons. The van der Waals surface area contributed by atoms with Crippen LogP contribution in [0.25, 0.3) is 0 Å². The lowest BCUT2D eigenvalue weighted by atomic mass is 10.1. The predicted molar refractivity (Wildman–Crippen MR) is 71.9 cm³/mol. The molecule has 1 aromatic carbocycles. The predicted octanol–water partition coefficient (Wildman–Crippen LogP) is 3.71. The third-order valence-electron chi connectivity index (χ3n) is 2.16. The fourth-order valence-corrected chi connectivity index (χ4v) is 1.66. The van der Waals surface area contributed by atoms with E-state index >= 15 is 0 Å². The van der Waals surface area contributed by atoms with Crippen LogP contribution in [0.2, 0.25) is 10.0 Å². The van der Waals surface area contributed by atoms with Crippen molar-refractivity contribution in [3.05, 3.63) is 33.8 Å². The van der Waals surface area contributed by atoms with Crippen LogP contribution in [0.4, 0.5) is 0 Å². The van der Waals surface area contributed by atoms with Gasteiger partial charge in [-0.15, -0.1) is 0 Å². The number of hydrogen-bond acceptors (Lipinski definition) is 2. The molecule has 1 N–H and O–H groups in total. The topological polar surface area (TPSA) is 29.5 Å². The summed E-state index contributed by atoms with van der Waals surface area (Å²) < 4.78 is 5.51. The Hall–Kier alpha value is -0.280. The first-order valence-corrected chi connectivity index (χ1v) is 6.29. The van der Waals surface area contributed by atoms with Crippen molar-refractivity contribution in [2.75, 3.05) is 6.61 Å². The molecule has 1 rings (SSSR count). The van der Waals surface area contributed by atoms with Crippen LogP contribution in [-0.2, 0) is 11.2 Å². The van der Waals surface area contributed by atoms with E-state index in [2.05, 4.69) is 0 Å². The van der Waals surface area contributed by atoms with Gasteiger partial charge in [0, 0.05) is 6.42 Å². The van der Waals surface area contributed by atoms with Crippen LogP contribution in [-0.4, -0.2) is 23.4 Å². The van der Waals surface area contributed by atoms with Crippen molar-refractivity contribution in [3.8, 4) is 0 Å². The van der Waals surface area contributed by atoms with Crippen molar-refractivity contribution in [1.82, 2.24) is 0 Å². The smallest absolute Gasteiger partial charge is 0.0814 e. The normalized spacial score (nSPS) is 13.8. The first-order chi connectivity index (χ1) is 7.78. The van der Waals surface area contributed by atoms with E-state index in [0.717, 1.165) is 5.56 Å². The lowest BCUT2D eigenvalue weighted by Crippen LogP contribution is -2.27. The molecule has 0 amide bonds. The highest BCUT2D eigenvalue weighted by Gasteiger charge is 2.14. The van der Waals surface area contributed by atoms with Crippen molar-refractivity contribution in [2.24, 2.45) is 0 Å². The molecule has 0 heterocycles. The minimum atomic E-state index is -0.536. The molecule has 0 saturated heterocycles. The monoisotopic (exact) mass is 276 g/mol. The third-order valence-corrected chi connectivity index (χ3v) is 2.90. The molecule has 1 unspecified atom stereocenters. The summed E-state index contributed by atoms with van der Waals surface area (Å²) >= 11 is 11.7. The average molecular weight is 277 g/mol. The van der Waals surface area contributed by atoms with Gasteiger partial charge in [-0.2, -0.15) is 0 Å². The lowest BCUT2D eigenvalue weighted by Gasteiger charge is -2.22. The molecule has 1 atom stereocenters. The van der Waals surface area contributed by atoms with E-state index in [9.17, 15) is 5.11 Å². The SMILES string of the molecule is CC(C)(C)OCC(O)Cc1ccc(Cl)c(Cl)c1. The van der Waals surface area contributed by atoms with Gasteiger partial charge in [-0.25, -0.2) is 0 Å². The van der Waals surface area contributed by atoms with Crippen LogP contribution in [0.15, 0.2) is 18.2 Å². The highest BCUT2D eigenvalue weighted by Crippen LogP contribution is 2.23. The maximum Gasteiger partial charge on any atom is 0.0814 e. The van der Waals surface area contributed by atoms with E-state index in [1.165, 1.54) is 0 Å². The number of aliphatic hydroxyl groups is 1. The molecule has 0 fully saturated rings. The standard InChI is InChI=1S/C13H18Cl2O2/c1-13(2,3)17-8-10(16)6-9-4-5-11(14)12(15)7-9/h4-5,7,10,16H,6,8H2,1-3H3. The van der Waals surface area contributed by atoms with Crippen LogP contribution in [0.3, 0.4) is 0 Å². The average Bonchev–Trinajstić information content (AvgIpc) is 2.20. The minimum Gasteiger partial charge on any atom is -0.390 e. The second-order valence-electron chi connectivity index (χ2n) is 5.03. The summed E-state index contributed by atoms with van der Waals surface area (Å²) in [5.41, 5.74) is 0.711. The second kappa shape index (κ2) is 6.05. The molecule has 2 nitrogen and oxygen atoms in total. The third kappa shape index (κ3) is 5.73. The highest BCUT2D eigenvalue weighted by atomic mass is 35.5. The number of rotatable bonds is 4. The molecular formula is C13H18Cl2O2. The van der Waals surface area contributed by atoms with Crippen LogP contribution >= 0.6 is 23.2 Å². The number of ether oxygens (including phenoxy) is 1. The van der Waals surface area contributed by atoms with Crippen molar-refractivity contribution in [3.63, 3.8) is 0 Å². The molecule has 96 valence electrons. The molecule has 0 spiro atoms. The van der Waals surface area contributed by atoms with Crippen molar-refractivity contribution in [2.45, 2.75) is 38.9 Å². The summed E-state index contributed by atoms with van der Waals surface area (Å²) in [4.78, 5) is 0. The van der Waals surface area contributed by atoms with E-state index in [-0.39, 0.29) is 5.60 Å². The Bertz CT molecular complexity index is 372. The Labute approximate surface area is 113 Å². The van der Waals surface area contributed by atoms with Gasteiger partial charge < -0.3 is 9.84 Å². The molecule has 17 heavy (non-hydrogen) atoms. The van der Waals surface area contributed by atoms with Crippen LogP contribution < -0.4 is 0 Å². The molecule has 0 aromatic heterocycles. The zero-order valence-corrected chi connectivity index (χ0v) is 11.8. The molecule has 1 aromatic rings. The number of hydrogen-bond donors (Lipinski definition) is 1. The van der Waals surface area contributed by atoms with Gasteiger partial charge in [-0.1, -0.05) is 29.3 Å². The Kier molecular flexibility index (Phi) is 5.26. The van der Waals surface area contributed by atoms with Crippen molar-refractivity contribution in [1.29, 1.82) is 0 Å². The molecular weight excluding hydrogens is 259 g/mol. The Morgan fingerprint density at radius 2 is 1.88 bits per heavy atom. The van der Waals surface area contributed by atoms with Gasteiger partial charge in [0.05, 0.1) is 28.4 Å². The largest absolute Gasteiger partial charge is 0.390 e. The number of benzene rings is 1. The summed E-state index contributed by atoms with van der Waals surface area (Å²) in [6, 6.07) is 5.36. The van der Waals surface area contributed by atoms with Gasteiger partial charge in [-0.3, -0.25) is 0 Å². The molecule has 0 bridgehead atoms. The fourth-order valence-electron chi connectivity index (χ4n) is 1.34. The van der Waals surface area contributed by atoms with Gasteiger partial charge in [0.1, 0.15) is 0 Å². The first-order valence-electron chi connectivity index (χ1n) is 5.54. The van der Waals surface area contributed by atoms with E-state index in [1.807, 2.05) is 26.8 Å². The summed E-state index contributed by atoms with van der Waals surface area (Å²) in [6.45, 7) is 6.18. The zero-order valence-electron chi connectivity index (χ0n) is 10.3. The summed E-state index contributed by atoms with van der Waals surface area (Å²) in [7, 11) is 0. The summed E-state index contributed by atoms with van der Waals surface area (Å²) in [6.07, 6.45) is -0.0288. The summed E-state index contributed by atoms with van der Waals surface area (Å²) in [5, 5.41) is 10.9. The van der Waals surface area contributed by atoms with E-state index < -0.39 is 6.10 Å². The number of aliphatic hydroxyl groups excluding tert-OH is 1. The van der Waals surface area contributed by atoms with Crippen LogP contribution in [0.1, 0.15) is 26.3 Å². The van der Waals surface area contributed by atoms with E-state index in [4.69, 9.17) is 27.9 Å². The Morgan fingerprint density at radius 1 is 1.24 bits per heavy atom. The maximum atomic E-state index is 9.83. The van der Waals surface area contributed by atoms with Crippen LogP contribution in [0.5, 0.6) is 0 Å². The molecule has 0 aliphatic carbocycles. The number of halogens is 2. The zero-order chi connectivity index (χ0) is 13.1. The maximum absolute atomic E-state index is 9.83. The lowest BCUT2D eigenvalue weighted by molar-refractivity contribution is -0.0482. The minimum absolute atomic E-state index is 0.237. The second-order valence-corrected chi connectivity index (χ2v) is 5.84. The van der Waals surface area contributed by atoms with Gasteiger partial charge in [0.15, 0.2) is 0 Å². The molecule has 4 heteroatoms. The quantitative estimate of drug-likeness (QED) is 0.909.